The molecule has 1 aromatic heterocycles. The third-order valence-electron chi connectivity index (χ3n) is 3.35. The molecule has 0 radical (unpaired) electrons. The first-order valence-corrected chi connectivity index (χ1v) is 7.68. The average molecular weight is 370 g/mol. The summed E-state index contributed by atoms with van der Waals surface area (Å²) in [5.74, 6) is -0.371. The smallest absolute Gasteiger partial charge is 0.287 e. The minimum Gasteiger partial charge on any atom is -0.456 e. The molecule has 27 heavy (non-hydrogen) atoms. The monoisotopic (exact) mass is 370 g/mol. The molecule has 0 atom stereocenters. The van der Waals surface area contributed by atoms with E-state index in [1.165, 1.54) is 24.3 Å². The van der Waals surface area contributed by atoms with Crippen LogP contribution in [0.2, 0.25) is 0 Å². The van der Waals surface area contributed by atoms with Crippen LogP contribution in [0.4, 0.5) is 11.4 Å². The fourth-order valence-corrected chi connectivity index (χ4v) is 2.20. The Morgan fingerprint density at radius 3 is 2.48 bits per heavy atom. The normalized spacial score (nSPS) is 11.1. The summed E-state index contributed by atoms with van der Waals surface area (Å²) in [5, 5.41) is 33.7. The Kier molecular flexibility index (Phi) is 5.67. The SMILES string of the molecule is CC(C)NC(=O)/C(C#N)=C\c1ccc(-c2ccc([N+](=O)[O-])cc2[N+](=O)[O-])o1. The van der Waals surface area contributed by atoms with Crippen molar-refractivity contribution >= 4 is 23.4 Å². The van der Waals surface area contributed by atoms with E-state index in [0.717, 1.165) is 12.1 Å². The lowest BCUT2D eigenvalue weighted by Crippen LogP contribution is -2.30. The van der Waals surface area contributed by atoms with Crippen molar-refractivity contribution in [2.75, 3.05) is 0 Å². The van der Waals surface area contributed by atoms with Crippen LogP contribution in [-0.2, 0) is 4.79 Å². The van der Waals surface area contributed by atoms with Crippen molar-refractivity contribution in [2.45, 2.75) is 19.9 Å². The average Bonchev–Trinajstić information content (AvgIpc) is 3.06. The summed E-state index contributed by atoms with van der Waals surface area (Å²) in [5.41, 5.74) is -1.07. The molecule has 2 aromatic rings. The molecule has 0 fully saturated rings. The molecule has 0 bridgehead atoms. The van der Waals surface area contributed by atoms with Gasteiger partial charge in [-0.3, -0.25) is 25.0 Å². The molecule has 1 N–H and O–H groups in total. The Morgan fingerprint density at radius 1 is 1.22 bits per heavy atom. The maximum Gasteiger partial charge on any atom is 0.287 e. The zero-order valence-electron chi connectivity index (χ0n) is 14.3. The number of nitrogens with one attached hydrogen (secondary N) is 1. The van der Waals surface area contributed by atoms with Crippen molar-refractivity contribution in [3.8, 4) is 17.4 Å². The summed E-state index contributed by atoms with van der Waals surface area (Å²) < 4.78 is 5.47. The van der Waals surface area contributed by atoms with Gasteiger partial charge in [0.05, 0.1) is 21.5 Å². The second-order valence-electron chi connectivity index (χ2n) is 5.72. The third-order valence-corrected chi connectivity index (χ3v) is 3.35. The number of benzene rings is 1. The Bertz CT molecular complexity index is 984. The van der Waals surface area contributed by atoms with E-state index < -0.39 is 27.1 Å². The van der Waals surface area contributed by atoms with Gasteiger partial charge in [0.2, 0.25) is 0 Å². The number of amides is 1. The molecule has 0 aliphatic heterocycles. The molecule has 10 heteroatoms. The molecular formula is C17H14N4O6. The number of nitro benzene ring substituents is 2. The molecule has 1 aromatic carbocycles. The Morgan fingerprint density at radius 2 is 1.93 bits per heavy atom. The molecule has 1 amide bonds. The van der Waals surface area contributed by atoms with Gasteiger partial charge in [0, 0.05) is 18.2 Å². The summed E-state index contributed by atoms with van der Waals surface area (Å²) >= 11 is 0. The molecule has 0 unspecified atom stereocenters. The molecule has 0 aliphatic carbocycles. The number of hydrogen-bond donors (Lipinski definition) is 1. The van der Waals surface area contributed by atoms with Gasteiger partial charge in [0.25, 0.3) is 17.3 Å². The van der Waals surface area contributed by atoms with Crippen molar-refractivity contribution in [3.63, 3.8) is 0 Å². The van der Waals surface area contributed by atoms with E-state index in [2.05, 4.69) is 5.32 Å². The number of carbonyl (C=O) groups excluding carboxylic acids is 1. The molecule has 0 spiro atoms. The quantitative estimate of drug-likeness (QED) is 0.354. The topological polar surface area (TPSA) is 152 Å². The fraction of sp³-hybridized carbons (Fsp3) is 0.176. The number of nitro groups is 2. The van der Waals surface area contributed by atoms with Crippen LogP contribution in [-0.4, -0.2) is 21.8 Å². The van der Waals surface area contributed by atoms with Gasteiger partial charge in [-0.05, 0) is 32.0 Å². The van der Waals surface area contributed by atoms with Gasteiger partial charge < -0.3 is 9.73 Å². The second kappa shape index (κ2) is 7.92. The highest BCUT2D eigenvalue weighted by atomic mass is 16.6. The van der Waals surface area contributed by atoms with Gasteiger partial charge in [-0.25, -0.2) is 0 Å². The first-order valence-electron chi connectivity index (χ1n) is 7.68. The van der Waals surface area contributed by atoms with Crippen molar-refractivity contribution < 1.29 is 19.1 Å². The van der Waals surface area contributed by atoms with Crippen molar-refractivity contribution in [1.82, 2.24) is 5.32 Å². The first-order chi connectivity index (χ1) is 12.7. The highest BCUT2D eigenvalue weighted by Gasteiger charge is 2.22. The molecule has 2 rings (SSSR count). The molecule has 1 heterocycles. The van der Waals surface area contributed by atoms with Crippen LogP contribution >= 0.6 is 0 Å². The van der Waals surface area contributed by atoms with Gasteiger partial charge in [-0.15, -0.1) is 0 Å². The van der Waals surface area contributed by atoms with E-state index >= 15 is 0 Å². The van der Waals surface area contributed by atoms with Crippen molar-refractivity contribution in [1.29, 1.82) is 5.26 Å². The number of non-ortho nitro benzene ring substituents is 1. The maximum absolute atomic E-state index is 11.9. The number of nitrogens with zero attached hydrogens (tertiary/aromatic N) is 3. The Labute approximate surface area is 153 Å². The zero-order chi connectivity index (χ0) is 20.1. The van der Waals surface area contributed by atoms with Crippen LogP contribution in [0.25, 0.3) is 17.4 Å². The second-order valence-corrected chi connectivity index (χ2v) is 5.72. The van der Waals surface area contributed by atoms with Crippen molar-refractivity contribution in [3.05, 3.63) is 61.9 Å². The van der Waals surface area contributed by atoms with Gasteiger partial charge in [-0.1, -0.05) is 0 Å². The van der Waals surface area contributed by atoms with Gasteiger partial charge in [0.1, 0.15) is 23.2 Å². The number of carbonyl (C=O) groups is 1. The Balaban J connectivity index is 2.42. The van der Waals surface area contributed by atoms with Crippen LogP contribution in [0.3, 0.4) is 0 Å². The van der Waals surface area contributed by atoms with E-state index in [9.17, 15) is 25.0 Å². The summed E-state index contributed by atoms with van der Waals surface area (Å²) in [7, 11) is 0. The molecule has 0 saturated carbocycles. The van der Waals surface area contributed by atoms with Crippen molar-refractivity contribution in [2.24, 2.45) is 0 Å². The van der Waals surface area contributed by atoms with Gasteiger partial charge in [-0.2, -0.15) is 5.26 Å². The minimum absolute atomic E-state index is 0.0374. The van der Waals surface area contributed by atoms with E-state index in [1.54, 1.807) is 19.9 Å². The maximum atomic E-state index is 11.9. The highest BCUT2D eigenvalue weighted by molar-refractivity contribution is 6.01. The lowest BCUT2D eigenvalue weighted by molar-refractivity contribution is -0.393. The van der Waals surface area contributed by atoms with Gasteiger partial charge >= 0.3 is 0 Å². The first kappa shape index (κ1) is 19.3. The van der Waals surface area contributed by atoms with Gasteiger partial charge in [0.15, 0.2) is 0 Å². The third kappa shape index (κ3) is 4.55. The standard InChI is InChI=1S/C17H14N4O6/c1-10(2)19-17(22)11(9-18)7-13-4-6-16(27-13)14-5-3-12(20(23)24)8-15(14)21(25)26/h3-8,10H,1-2H3,(H,19,22)/b11-7-. The molecule has 10 nitrogen and oxygen atoms in total. The summed E-state index contributed by atoms with van der Waals surface area (Å²) in [6.45, 7) is 3.48. The van der Waals surface area contributed by atoms with Crippen LogP contribution in [0.1, 0.15) is 19.6 Å². The molecule has 138 valence electrons. The summed E-state index contributed by atoms with van der Waals surface area (Å²) in [6.07, 6.45) is 1.21. The highest BCUT2D eigenvalue weighted by Crippen LogP contribution is 2.34. The lowest BCUT2D eigenvalue weighted by atomic mass is 10.1. The number of hydrogen-bond acceptors (Lipinski definition) is 7. The molecule has 0 aliphatic rings. The van der Waals surface area contributed by atoms with E-state index in [4.69, 9.17) is 9.68 Å². The molecule has 0 saturated heterocycles. The Hall–Kier alpha value is -4.00. The summed E-state index contributed by atoms with van der Waals surface area (Å²) in [4.78, 5) is 32.5. The summed E-state index contributed by atoms with van der Waals surface area (Å²) in [6, 6.07) is 7.61. The largest absolute Gasteiger partial charge is 0.456 e. The van der Waals surface area contributed by atoms with Crippen LogP contribution in [0.15, 0.2) is 40.3 Å². The minimum atomic E-state index is -0.753. The van der Waals surface area contributed by atoms with E-state index in [-0.39, 0.29) is 28.7 Å². The number of furan rings is 1. The number of nitriles is 1. The van der Waals surface area contributed by atoms with Crippen LogP contribution in [0.5, 0.6) is 0 Å². The predicted molar refractivity (Wildman–Crippen MR) is 94.3 cm³/mol. The van der Waals surface area contributed by atoms with E-state index in [0.29, 0.717) is 0 Å². The predicted octanol–water partition coefficient (Wildman–Crippen LogP) is 3.19. The fourth-order valence-electron chi connectivity index (χ4n) is 2.20. The van der Waals surface area contributed by atoms with Crippen LogP contribution in [0, 0.1) is 31.6 Å². The molecular weight excluding hydrogens is 356 g/mol. The zero-order valence-corrected chi connectivity index (χ0v) is 14.3. The lowest BCUT2D eigenvalue weighted by Gasteiger charge is -2.06. The number of rotatable bonds is 6. The van der Waals surface area contributed by atoms with E-state index in [1.807, 2.05) is 0 Å². The van der Waals surface area contributed by atoms with Crippen LogP contribution < -0.4 is 5.32 Å².